The zero-order chi connectivity index (χ0) is 14.8. The zero-order valence-electron chi connectivity index (χ0n) is 12.5. The van der Waals surface area contributed by atoms with E-state index in [-0.39, 0.29) is 6.04 Å². The number of anilines is 1. The number of hydrogen-bond donors (Lipinski definition) is 1. The van der Waals surface area contributed by atoms with Crippen molar-refractivity contribution in [2.75, 3.05) is 12.4 Å². The van der Waals surface area contributed by atoms with Gasteiger partial charge in [-0.3, -0.25) is 0 Å². The number of para-hydroxylation sites is 1. The summed E-state index contributed by atoms with van der Waals surface area (Å²) >= 11 is 0. The van der Waals surface area contributed by atoms with E-state index < -0.39 is 0 Å². The summed E-state index contributed by atoms with van der Waals surface area (Å²) in [5.41, 5.74) is 3.18. The van der Waals surface area contributed by atoms with Gasteiger partial charge in [0.15, 0.2) is 0 Å². The second-order valence-electron chi connectivity index (χ2n) is 5.18. The molecule has 3 aromatic rings. The monoisotopic (exact) mass is 281 g/mol. The number of aryl methyl sites for hydroxylation is 1. The molecule has 0 fully saturated rings. The predicted molar refractivity (Wildman–Crippen MR) is 86.0 cm³/mol. The molecule has 1 N–H and O–H groups in total. The molecule has 3 heteroatoms. The number of rotatable bonds is 4. The Hall–Kier alpha value is -2.42. The van der Waals surface area contributed by atoms with E-state index in [1.807, 2.05) is 42.5 Å². The summed E-state index contributed by atoms with van der Waals surface area (Å²) in [5, 5.41) is 4.64. The van der Waals surface area contributed by atoms with Gasteiger partial charge in [-0.2, -0.15) is 0 Å². The summed E-state index contributed by atoms with van der Waals surface area (Å²) in [4.78, 5) is 0. The summed E-state index contributed by atoms with van der Waals surface area (Å²) in [6.07, 6.45) is 0. The molecule has 0 bridgehead atoms. The Labute approximate surface area is 124 Å². The molecular weight excluding hydrogens is 262 g/mol. The molecule has 0 saturated heterocycles. The van der Waals surface area contributed by atoms with E-state index in [0.717, 1.165) is 22.8 Å². The van der Waals surface area contributed by atoms with Gasteiger partial charge in [0.2, 0.25) is 0 Å². The van der Waals surface area contributed by atoms with Crippen LogP contribution < -0.4 is 10.1 Å². The van der Waals surface area contributed by atoms with Crippen molar-refractivity contribution in [3.05, 3.63) is 59.9 Å². The largest absolute Gasteiger partial charge is 0.497 e. The van der Waals surface area contributed by atoms with Crippen LogP contribution >= 0.6 is 0 Å². The summed E-state index contributed by atoms with van der Waals surface area (Å²) in [6.45, 7) is 4.21. The van der Waals surface area contributed by atoms with Crippen molar-refractivity contribution in [1.29, 1.82) is 0 Å². The molecule has 0 radical (unpaired) electrons. The molecule has 0 spiro atoms. The van der Waals surface area contributed by atoms with Crippen molar-refractivity contribution in [2.24, 2.45) is 0 Å². The Bertz CT molecular complexity index is 744. The highest BCUT2D eigenvalue weighted by Crippen LogP contribution is 2.31. The van der Waals surface area contributed by atoms with Crippen LogP contribution in [0.1, 0.15) is 24.3 Å². The molecule has 1 heterocycles. The smallest absolute Gasteiger partial charge is 0.134 e. The van der Waals surface area contributed by atoms with Crippen molar-refractivity contribution in [2.45, 2.75) is 19.9 Å². The maximum atomic E-state index is 5.99. The number of furan rings is 1. The molecule has 1 unspecified atom stereocenters. The van der Waals surface area contributed by atoms with Gasteiger partial charge < -0.3 is 14.5 Å². The van der Waals surface area contributed by atoms with E-state index in [0.29, 0.717) is 0 Å². The van der Waals surface area contributed by atoms with Gasteiger partial charge in [-0.1, -0.05) is 18.2 Å². The molecule has 0 aliphatic carbocycles. The first-order valence-electron chi connectivity index (χ1n) is 7.07. The van der Waals surface area contributed by atoms with Gasteiger partial charge in [-0.15, -0.1) is 0 Å². The SMILES string of the molecule is COc1ccc(NC(C)c2oc3ccccc3c2C)cc1. The van der Waals surface area contributed by atoms with Crippen LogP contribution in [0.3, 0.4) is 0 Å². The lowest BCUT2D eigenvalue weighted by molar-refractivity contribution is 0.415. The lowest BCUT2D eigenvalue weighted by atomic mass is 10.1. The number of nitrogens with one attached hydrogen (secondary N) is 1. The van der Waals surface area contributed by atoms with Crippen LogP contribution in [0.25, 0.3) is 11.0 Å². The summed E-state index contributed by atoms with van der Waals surface area (Å²) in [5.74, 6) is 1.83. The Kier molecular flexibility index (Phi) is 3.57. The fraction of sp³-hybridized carbons (Fsp3) is 0.222. The molecule has 0 aliphatic heterocycles. The third-order valence-electron chi connectivity index (χ3n) is 3.75. The maximum Gasteiger partial charge on any atom is 0.134 e. The number of hydrogen-bond acceptors (Lipinski definition) is 3. The maximum absolute atomic E-state index is 5.99. The molecule has 0 aliphatic rings. The minimum atomic E-state index is 0.103. The van der Waals surface area contributed by atoms with Gasteiger partial charge in [-0.05, 0) is 44.2 Å². The third-order valence-corrected chi connectivity index (χ3v) is 3.75. The average molecular weight is 281 g/mol. The summed E-state index contributed by atoms with van der Waals surface area (Å²) < 4.78 is 11.2. The molecular formula is C18H19NO2. The molecule has 1 atom stereocenters. The highest BCUT2D eigenvalue weighted by molar-refractivity contribution is 5.82. The van der Waals surface area contributed by atoms with Crippen LogP contribution in [0.2, 0.25) is 0 Å². The van der Waals surface area contributed by atoms with Gasteiger partial charge >= 0.3 is 0 Å². The highest BCUT2D eigenvalue weighted by atomic mass is 16.5. The van der Waals surface area contributed by atoms with E-state index in [4.69, 9.17) is 9.15 Å². The van der Waals surface area contributed by atoms with Crippen LogP contribution in [0.5, 0.6) is 5.75 Å². The van der Waals surface area contributed by atoms with Crippen LogP contribution in [0.4, 0.5) is 5.69 Å². The quantitative estimate of drug-likeness (QED) is 0.736. The lowest BCUT2D eigenvalue weighted by Gasteiger charge is -2.14. The second-order valence-corrected chi connectivity index (χ2v) is 5.18. The average Bonchev–Trinajstić information content (AvgIpc) is 2.86. The Balaban J connectivity index is 1.86. The fourth-order valence-corrected chi connectivity index (χ4v) is 2.61. The molecule has 21 heavy (non-hydrogen) atoms. The number of fused-ring (bicyclic) bond motifs is 1. The first-order valence-corrected chi connectivity index (χ1v) is 7.07. The topological polar surface area (TPSA) is 34.4 Å². The van der Waals surface area contributed by atoms with E-state index in [1.54, 1.807) is 7.11 Å². The minimum Gasteiger partial charge on any atom is -0.497 e. The van der Waals surface area contributed by atoms with Crippen LogP contribution in [-0.4, -0.2) is 7.11 Å². The lowest BCUT2D eigenvalue weighted by Crippen LogP contribution is -2.06. The predicted octanol–water partition coefficient (Wildman–Crippen LogP) is 4.92. The van der Waals surface area contributed by atoms with E-state index >= 15 is 0 Å². The fourth-order valence-electron chi connectivity index (χ4n) is 2.61. The first-order chi connectivity index (χ1) is 10.2. The number of ether oxygens (including phenoxy) is 1. The minimum absolute atomic E-state index is 0.103. The standard InChI is InChI=1S/C18H19NO2/c1-12-16-6-4-5-7-17(16)21-18(12)13(2)19-14-8-10-15(20-3)11-9-14/h4-11,13,19H,1-3H3. The molecule has 3 nitrogen and oxygen atoms in total. The van der Waals surface area contributed by atoms with Gasteiger partial charge in [0.05, 0.1) is 13.2 Å². The second kappa shape index (κ2) is 5.52. The third kappa shape index (κ3) is 2.59. The molecule has 0 saturated carbocycles. The number of methoxy groups -OCH3 is 1. The molecule has 2 aromatic carbocycles. The molecule has 3 rings (SSSR count). The summed E-state index contributed by atoms with van der Waals surface area (Å²) in [6, 6.07) is 16.1. The van der Waals surface area contributed by atoms with E-state index in [1.165, 1.54) is 10.9 Å². The van der Waals surface area contributed by atoms with Crippen LogP contribution in [0, 0.1) is 6.92 Å². The Morgan fingerprint density at radius 3 is 2.43 bits per heavy atom. The Morgan fingerprint density at radius 1 is 1.05 bits per heavy atom. The normalized spacial score (nSPS) is 12.3. The molecule has 0 amide bonds. The van der Waals surface area contributed by atoms with Gasteiger partial charge in [0.1, 0.15) is 17.1 Å². The zero-order valence-corrected chi connectivity index (χ0v) is 12.5. The van der Waals surface area contributed by atoms with Crippen molar-refractivity contribution in [1.82, 2.24) is 0 Å². The molecule has 1 aromatic heterocycles. The van der Waals surface area contributed by atoms with Crippen molar-refractivity contribution in [3.8, 4) is 5.75 Å². The highest BCUT2D eigenvalue weighted by Gasteiger charge is 2.16. The Morgan fingerprint density at radius 2 is 1.76 bits per heavy atom. The van der Waals surface area contributed by atoms with Crippen LogP contribution in [0.15, 0.2) is 52.9 Å². The van der Waals surface area contributed by atoms with Crippen molar-refractivity contribution in [3.63, 3.8) is 0 Å². The van der Waals surface area contributed by atoms with Gasteiger partial charge in [0.25, 0.3) is 0 Å². The van der Waals surface area contributed by atoms with Gasteiger partial charge in [0, 0.05) is 16.6 Å². The number of benzene rings is 2. The van der Waals surface area contributed by atoms with Gasteiger partial charge in [-0.25, -0.2) is 0 Å². The van der Waals surface area contributed by atoms with Crippen molar-refractivity contribution >= 4 is 16.7 Å². The first kappa shape index (κ1) is 13.6. The van der Waals surface area contributed by atoms with Crippen LogP contribution in [-0.2, 0) is 0 Å². The molecule has 108 valence electrons. The van der Waals surface area contributed by atoms with E-state index in [9.17, 15) is 0 Å². The van der Waals surface area contributed by atoms with E-state index in [2.05, 4.69) is 25.2 Å². The van der Waals surface area contributed by atoms with Crippen molar-refractivity contribution < 1.29 is 9.15 Å². The summed E-state index contributed by atoms with van der Waals surface area (Å²) in [7, 11) is 1.67.